The first kappa shape index (κ1) is 22.8. The number of hydrogen-bond donors (Lipinski definition) is 2. The number of alkyl halides is 3. The van der Waals surface area contributed by atoms with E-state index in [1.807, 2.05) is 0 Å². The van der Waals surface area contributed by atoms with Gasteiger partial charge in [0.05, 0.1) is 16.1 Å². The summed E-state index contributed by atoms with van der Waals surface area (Å²) in [4.78, 5) is 29.9. The molecule has 31 heavy (non-hydrogen) atoms. The molecule has 2 N–H and O–H groups in total. The van der Waals surface area contributed by atoms with Crippen LogP contribution in [0.5, 0.6) is 0 Å². The van der Waals surface area contributed by atoms with E-state index in [2.05, 4.69) is 15.6 Å². The van der Waals surface area contributed by atoms with E-state index in [9.17, 15) is 27.2 Å². The van der Waals surface area contributed by atoms with Crippen molar-refractivity contribution < 1.29 is 27.2 Å². The number of halogens is 5. The van der Waals surface area contributed by atoms with Crippen molar-refractivity contribution in [2.45, 2.75) is 19.0 Å². The largest absolute Gasteiger partial charge is 0.417 e. The molecule has 1 aromatic carbocycles. The summed E-state index contributed by atoms with van der Waals surface area (Å²) in [6.45, 7) is 0.756. The third-order valence-electron chi connectivity index (χ3n) is 5.02. The van der Waals surface area contributed by atoms with Crippen molar-refractivity contribution in [3.63, 3.8) is 0 Å². The maximum absolute atomic E-state index is 13.8. The van der Waals surface area contributed by atoms with Crippen molar-refractivity contribution in [2.24, 2.45) is 5.92 Å². The number of nitrogens with zero attached hydrogens (tertiary/aromatic N) is 2. The molecule has 2 heterocycles. The van der Waals surface area contributed by atoms with Crippen LogP contribution in [-0.4, -0.2) is 36.9 Å². The van der Waals surface area contributed by atoms with E-state index in [4.69, 9.17) is 11.6 Å². The SMILES string of the molecule is CNC(=O)c1cc(NC(=O)C2CCN(c3ncc(C(F)(F)F)cc3Cl)CC2)ccc1F. The number of benzene rings is 1. The molecule has 0 radical (unpaired) electrons. The highest BCUT2D eigenvalue weighted by molar-refractivity contribution is 6.33. The first-order chi connectivity index (χ1) is 14.6. The van der Waals surface area contributed by atoms with Gasteiger partial charge in [0.2, 0.25) is 5.91 Å². The van der Waals surface area contributed by atoms with Crippen LogP contribution in [0.2, 0.25) is 5.02 Å². The lowest BCUT2D eigenvalue weighted by Crippen LogP contribution is -2.38. The molecule has 1 aromatic heterocycles. The van der Waals surface area contributed by atoms with Crippen LogP contribution < -0.4 is 15.5 Å². The molecule has 1 fully saturated rings. The summed E-state index contributed by atoms with van der Waals surface area (Å²) in [6, 6.07) is 4.55. The van der Waals surface area contributed by atoms with Gasteiger partial charge in [0.25, 0.3) is 5.91 Å². The zero-order valence-electron chi connectivity index (χ0n) is 16.4. The summed E-state index contributed by atoms with van der Waals surface area (Å²) in [5.41, 5.74) is -0.816. The minimum absolute atomic E-state index is 0.106. The van der Waals surface area contributed by atoms with Crippen molar-refractivity contribution in [2.75, 3.05) is 30.4 Å². The lowest BCUT2D eigenvalue weighted by Gasteiger charge is -2.32. The minimum atomic E-state index is -4.53. The standard InChI is InChI=1S/C20H19ClF4N4O2/c1-26-19(31)14-9-13(2-3-16(14)22)28-18(30)11-4-6-29(7-5-11)17-15(21)8-12(10-27-17)20(23,24)25/h2-3,8-11H,4-7H2,1H3,(H,26,31)(H,28,30). The number of anilines is 2. The Morgan fingerprint density at radius 1 is 1.19 bits per heavy atom. The molecule has 1 aliphatic heterocycles. The minimum Gasteiger partial charge on any atom is -0.355 e. The maximum Gasteiger partial charge on any atom is 0.417 e. The summed E-state index contributed by atoms with van der Waals surface area (Å²) >= 11 is 5.99. The second kappa shape index (κ2) is 9.09. The van der Waals surface area contributed by atoms with Gasteiger partial charge < -0.3 is 15.5 Å². The predicted molar refractivity (Wildman–Crippen MR) is 108 cm³/mol. The summed E-state index contributed by atoms with van der Waals surface area (Å²) in [7, 11) is 1.37. The molecule has 0 atom stereocenters. The van der Waals surface area contributed by atoms with Crippen molar-refractivity contribution in [3.05, 3.63) is 52.4 Å². The average Bonchev–Trinajstić information content (AvgIpc) is 2.74. The quantitative estimate of drug-likeness (QED) is 0.676. The predicted octanol–water partition coefficient (Wildman–Crippen LogP) is 4.11. The number of hydrogen-bond acceptors (Lipinski definition) is 4. The van der Waals surface area contributed by atoms with E-state index in [0.717, 1.165) is 18.3 Å². The van der Waals surface area contributed by atoms with Gasteiger partial charge in [-0.25, -0.2) is 9.37 Å². The zero-order chi connectivity index (χ0) is 22.8. The Bertz CT molecular complexity index is 992. The zero-order valence-corrected chi connectivity index (χ0v) is 17.1. The van der Waals surface area contributed by atoms with Gasteiger partial charge in [-0.2, -0.15) is 13.2 Å². The molecule has 3 rings (SSSR count). The fourth-order valence-corrected chi connectivity index (χ4v) is 3.61. The van der Waals surface area contributed by atoms with Gasteiger partial charge >= 0.3 is 6.18 Å². The second-order valence-electron chi connectivity index (χ2n) is 7.05. The first-order valence-corrected chi connectivity index (χ1v) is 9.78. The Hall–Kier alpha value is -2.88. The molecular weight excluding hydrogens is 440 g/mol. The van der Waals surface area contributed by atoms with E-state index in [1.165, 1.54) is 19.2 Å². The second-order valence-corrected chi connectivity index (χ2v) is 7.46. The Morgan fingerprint density at radius 2 is 1.87 bits per heavy atom. The van der Waals surface area contributed by atoms with Crippen molar-refractivity contribution in [3.8, 4) is 0 Å². The first-order valence-electron chi connectivity index (χ1n) is 9.40. The van der Waals surface area contributed by atoms with Gasteiger partial charge in [-0.15, -0.1) is 0 Å². The van der Waals surface area contributed by atoms with Crippen molar-refractivity contribution >= 4 is 34.9 Å². The van der Waals surface area contributed by atoms with E-state index in [-0.39, 0.29) is 28.2 Å². The molecule has 0 spiro atoms. The summed E-state index contributed by atoms with van der Waals surface area (Å²) < 4.78 is 52.1. The molecule has 2 aromatic rings. The lowest BCUT2D eigenvalue weighted by molar-refractivity contribution is -0.137. The summed E-state index contributed by atoms with van der Waals surface area (Å²) in [5.74, 6) is -1.73. The normalized spacial score (nSPS) is 15.0. The summed E-state index contributed by atoms with van der Waals surface area (Å²) in [5, 5.41) is 4.90. The van der Waals surface area contributed by atoms with Gasteiger partial charge in [0.1, 0.15) is 11.6 Å². The molecule has 11 heteroatoms. The van der Waals surface area contributed by atoms with Crippen molar-refractivity contribution in [1.82, 2.24) is 10.3 Å². The number of carbonyl (C=O) groups excluding carboxylic acids is 2. The molecule has 1 aliphatic rings. The topological polar surface area (TPSA) is 74.3 Å². The van der Waals surface area contributed by atoms with Crippen LogP contribution >= 0.6 is 11.6 Å². The number of rotatable bonds is 4. The smallest absolute Gasteiger partial charge is 0.355 e. The third kappa shape index (κ3) is 5.25. The summed E-state index contributed by atoms with van der Waals surface area (Å²) in [6.07, 6.45) is -2.94. The molecule has 0 unspecified atom stereocenters. The lowest BCUT2D eigenvalue weighted by atomic mass is 9.95. The number of pyridine rings is 1. The number of nitrogens with one attached hydrogen (secondary N) is 2. The maximum atomic E-state index is 13.8. The van der Waals surface area contributed by atoms with Crippen LogP contribution in [0.25, 0.3) is 0 Å². The molecule has 2 amide bonds. The third-order valence-corrected chi connectivity index (χ3v) is 5.30. The van der Waals surface area contributed by atoms with Gasteiger partial charge in [-0.05, 0) is 37.1 Å². The van der Waals surface area contributed by atoms with E-state index in [0.29, 0.717) is 31.6 Å². The van der Waals surface area contributed by atoms with Crippen LogP contribution in [0.15, 0.2) is 30.5 Å². The monoisotopic (exact) mass is 458 g/mol. The van der Waals surface area contributed by atoms with Gasteiger partial charge in [0.15, 0.2) is 0 Å². The number of piperidine rings is 1. The highest BCUT2D eigenvalue weighted by Crippen LogP contribution is 2.34. The number of amides is 2. The van der Waals surface area contributed by atoms with Crippen LogP contribution in [0.4, 0.5) is 29.1 Å². The molecule has 0 aliphatic carbocycles. The number of carbonyl (C=O) groups is 2. The molecule has 0 saturated carbocycles. The molecule has 1 saturated heterocycles. The van der Waals surface area contributed by atoms with Crippen LogP contribution in [0.3, 0.4) is 0 Å². The van der Waals surface area contributed by atoms with Crippen LogP contribution in [0, 0.1) is 11.7 Å². The molecular formula is C20H19ClF4N4O2. The van der Waals surface area contributed by atoms with Gasteiger partial charge in [-0.3, -0.25) is 9.59 Å². The fourth-order valence-electron chi connectivity index (χ4n) is 3.33. The van der Waals surface area contributed by atoms with Gasteiger partial charge in [0, 0.05) is 37.9 Å². The average molecular weight is 459 g/mol. The van der Waals surface area contributed by atoms with E-state index < -0.39 is 23.5 Å². The van der Waals surface area contributed by atoms with Gasteiger partial charge in [-0.1, -0.05) is 11.6 Å². The number of aromatic nitrogens is 1. The van der Waals surface area contributed by atoms with E-state index >= 15 is 0 Å². The highest BCUT2D eigenvalue weighted by atomic mass is 35.5. The molecule has 0 bridgehead atoms. The Morgan fingerprint density at radius 3 is 2.45 bits per heavy atom. The van der Waals surface area contributed by atoms with E-state index in [1.54, 1.807) is 4.90 Å². The van der Waals surface area contributed by atoms with Crippen molar-refractivity contribution in [1.29, 1.82) is 0 Å². The Kier molecular flexibility index (Phi) is 6.68. The Balaban J connectivity index is 1.62. The fraction of sp³-hybridized carbons (Fsp3) is 0.350. The Labute approximate surface area is 180 Å². The molecule has 6 nitrogen and oxygen atoms in total. The molecule has 166 valence electrons. The van der Waals surface area contributed by atoms with Crippen LogP contribution in [-0.2, 0) is 11.0 Å². The van der Waals surface area contributed by atoms with Crippen LogP contribution in [0.1, 0.15) is 28.8 Å². The highest BCUT2D eigenvalue weighted by Gasteiger charge is 2.33.